The Labute approximate surface area is 226 Å². The van der Waals surface area contributed by atoms with Gasteiger partial charge in [0, 0.05) is 11.2 Å². The second-order valence-corrected chi connectivity index (χ2v) is 9.84. The molecular formula is C30H29ClN2O5. The number of ether oxygens (including phenoxy) is 2. The highest BCUT2D eigenvalue weighted by atomic mass is 35.5. The molecule has 8 heteroatoms. The summed E-state index contributed by atoms with van der Waals surface area (Å²) in [5.41, 5.74) is 1.83. The lowest BCUT2D eigenvalue weighted by Crippen LogP contribution is -2.30. The van der Waals surface area contributed by atoms with Crippen molar-refractivity contribution in [3.63, 3.8) is 0 Å². The summed E-state index contributed by atoms with van der Waals surface area (Å²) in [6.07, 6.45) is 6.01. The van der Waals surface area contributed by atoms with Crippen LogP contribution in [0.5, 0.6) is 11.5 Å². The Hall–Kier alpha value is -3.84. The van der Waals surface area contributed by atoms with Crippen LogP contribution in [-0.2, 0) is 0 Å². The lowest BCUT2D eigenvalue weighted by atomic mass is 9.98. The molecule has 1 aliphatic rings. The molecule has 0 saturated heterocycles. The van der Waals surface area contributed by atoms with Crippen LogP contribution in [-0.4, -0.2) is 24.6 Å². The smallest absolute Gasteiger partial charge is 0.296 e. The number of hydrogen-bond acceptors (Lipinski definition) is 6. The van der Waals surface area contributed by atoms with Crippen LogP contribution in [0.3, 0.4) is 0 Å². The Morgan fingerprint density at radius 3 is 2.63 bits per heavy atom. The van der Waals surface area contributed by atoms with E-state index in [-0.39, 0.29) is 16.8 Å². The number of aromatic nitrogens is 1. The number of amides is 1. The molecule has 0 aliphatic carbocycles. The maximum atomic E-state index is 13.8. The van der Waals surface area contributed by atoms with Gasteiger partial charge in [-0.2, -0.15) is 0 Å². The van der Waals surface area contributed by atoms with E-state index < -0.39 is 11.9 Å². The standard InChI is InChI=1S/C30H29ClN2O5/c1-4-5-6-7-14-37-23-10-8-19(16-24(23)36-3)27-26-28(34)21-17-20(31)9-11-22(21)38-29(26)30(35)33(27)25-15-18(2)12-13-32-25/h8-13,15-17,27H,4-7,14H2,1-3H3. The molecule has 4 aromatic rings. The Morgan fingerprint density at radius 1 is 1.03 bits per heavy atom. The van der Waals surface area contributed by atoms with E-state index in [0.717, 1.165) is 24.8 Å². The Balaban J connectivity index is 1.63. The monoisotopic (exact) mass is 532 g/mol. The maximum Gasteiger partial charge on any atom is 0.296 e. The van der Waals surface area contributed by atoms with Gasteiger partial charge >= 0.3 is 0 Å². The summed E-state index contributed by atoms with van der Waals surface area (Å²) < 4.78 is 17.7. The second-order valence-electron chi connectivity index (χ2n) is 9.40. The van der Waals surface area contributed by atoms with E-state index >= 15 is 0 Å². The summed E-state index contributed by atoms with van der Waals surface area (Å²) in [4.78, 5) is 33.6. The van der Waals surface area contributed by atoms with Crippen molar-refractivity contribution in [3.8, 4) is 11.5 Å². The molecule has 3 heterocycles. The molecule has 2 aromatic heterocycles. The van der Waals surface area contributed by atoms with Crippen LogP contribution in [0, 0.1) is 6.92 Å². The zero-order chi connectivity index (χ0) is 26.8. The van der Waals surface area contributed by atoms with E-state index in [9.17, 15) is 9.59 Å². The number of nitrogens with zero attached hydrogens (tertiary/aromatic N) is 2. The first kappa shape index (κ1) is 25.8. The number of benzene rings is 2. The van der Waals surface area contributed by atoms with Crippen molar-refractivity contribution >= 4 is 34.3 Å². The highest BCUT2D eigenvalue weighted by Gasteiger charge is 2.44. The van der Waals surface area contributed by atoms with Crippen molar-refractivity contribution in [1.29, 1.82) is 0 Å². The number of carbonyl (C=O) groups is 1. The molecule has 38 heavy (non-hydrogen) atoms. The second kappa shape index (κ2) is 10.9. The number of halogens is 1. The van der Waals surface area contributed by atoms with Crippen molar-refractivity contribution in [3.05, 3.63) is 92.4 Å². The van der Waals surface area contributed by atoms with E-state index in [4.69, 9.17) is 25.5 Å². The van der Waals surface area contributed by atoms with E-state index in [2.05, 4.69) is 11.9 Å². The molecule has 2 aromatic carbocycles. The minimum absolute atomic E-state index is 0.00616. The van der Waals surface area contributed by atoms with Crippen LogP contribution >= 0.6 is 11.6 Å². The number of pyridine rings is 1. The number of carbonyl (C=O) groups excluding carboxylic acids is 1. The molecule has 1 aliphatic heterocycles. The van der Waals surface area contributed by atoms with Gasteiger partial charge in [0.05, 0.1) is 30.7 Å². The molecule has 0 spiro atoms. The summed E-state index contributed by atoms with van der Waals surface area (Å²) in [5.74, 6) is 1.10. The molecule has 196 valence electrons. The molecule has 0 N–H and O–H groups in total. The molecule has 5 rings (SSSR count). The normalized spacial score (nSPS) is 14.7. The fourth-order valence-electron chi connectivity index (χ4n) is 4.83. The number of fused-ring (bicyclic) bond motifs is 2. The summed E-state index contributed by atoms with van der Waals surface area (Å²) >= 11 is 6.19. The van der Waals surface area contributed by atoms with Gasteiger partial charge in [0.2, 0.25) is 5.76 Å². The number of hydrogen-bond donors (Lipinski definition) is 0. The van der Waals surface area contributed by atoms with Crippen molar-refractivity contribution in [1.82, 2.24) is 4.98 Å². The van der Waals surface area contributed by atoms with Gasteiger partial charge in [-0.05, 0) is 66.9 Å². The van der Waals surface area contributed by atoms with Crippen molar-refractivity contribution in [2.24, 2.45) is 0 Å². The van der Waals surface area contributed by atoms with Crippen LogP contribution in [0.4, 0.5) is 5.82 Å². The first-order valence-electron chi connectivity index (χ1n) is 12.8. The van der Waals surface area contributed by atoms with Gasteiger partial charge in [-0.15, -0.1) is 0 Å². The van der Waals surface area contributed by atoms with Gasteiger partial charge in [-0.1, -0.05) is 43.9 Å². The third-order valence-electron chi connectivity index (χ3n) is 6.74. The average molecular weight is 533 g/mol. The van der Waals surface area contributed by atoms with E-state index in [0.29, 0.717) is 45.5 Å². The number of rotatable bonds is 9. The molecule has 7 nitrogen and oxygen atoms in total. The fourth-order valence-corrected chi connectivity index (χ4v) is 5.01. The predicted molar refractivity (Wildman–Crippen MR) is 148 cm³/mol. The third kappa shape index (κ3) is 4.74. The number of anilines is 1. The Kier molecular flexibility index (Phi) is 7.38. The minimum Gasteiger partial charge on any atom is -0.493 e. The molecule has 0 fully saturated rings. The average Bonchev–Trinajstić information content (AvgIpc) is 3.21. The van der Waals surface area contributed by atoms with Gasteiger partial charge in [0.25, 0.3) is 5.91 Å². The number of methoxy groups -OCH3 is 1. The maximum absolute atomic E-state index is 13.8. The highest BCUT2D eigenvalue weighted by Crippen LogP contribution is 2.43. The first-order valence-corrected chi connectivity index (χ1v) is 13.1. The topological polar surface area (TPSA) is 81.9 Å². The van der Waals surface area contributed by atoms with Gasteiger partial charge in [0.15, 0.2) is 16.9 Å². The first-order chi connectivity index (χ1) is 18.4. The van der Waals surface area contributed by atoms with Crippen molar-refractivity contribution in [2.45, 2.75) is 45.6 Å². The summed E-state index contributed by atoms with van der Waals surface area (Å²) in [7, 11) is 1.57. The third-order valence-corrected chi connectivity index (χ3v) is 6.97. The molecule has 1 unspecified atom stereocenters. The SMILES string of the molecule is CCCCCCOc1ccc(C2c3c(oc4ccc(Cl)cc4c3=O)C(=O)N2c2cc(C)ccn2)cc1OC. The lowest BCUT2D eigenvalue weighted by molar-refractivity contribution is 0.0970. The molecule has 0 bridgehead atoms. The fraction of sp³-hybridized carbons (Fsp3) is 0.300. The van der Waals surface area contributed by atoms with Crippen LogP contribution in [0.15, 0.2) is 63.9 Å². The number of unbranched alkanes of at least 4 members (excludes halogenated alkanes) is 3. The lowest BCUT2D eigenvalue weighted by Gasteiger charge is -2.25. The molecule has 0 saturated carbocycles. The van der Waals surface area contributed by atoms with Gasteiger partial charge in [-0.3, -0.25) is 14.5 Å². The highest BCUT2D eigenvalue weighted by molar-refractivity contribution is 6.31. The molecule has 1 atom stereocenters. The van der Waals surface area contributed by atoms with Crippen molar-refractivity contribution in [2.75, 3.05) is 18.6 Å². The zero-order valence-corrected chi connectivity index (χ0v) is 22.4. The Morgan fingerprint density at radius 2 is 1.87 bits per heavy atom. The quantitative estimate of drug-likeness (QED) is 0.219. The summed E-state index contributed by atoms with van der Waals surface area (Å²) in [6.45, 7) is 4.67. The number of aryl methyl sites for hydroxylation is 1. The molecule has 1 amide bonds. The van der Waals surface area contributed by atoms with Gasteiger partial charge < -0.3 is 13.9 Å². The van der Waals surface area contributed by atoms with Crippen LogP contribution in [0.2, 0.25) is 5.02 Å². The van der Waals surface area contributed by atoms with Crippen LogP contribution in [0.1, 0.15) is 65.9 Å². The Bertz CT molecular complexity index is 1560. The minimum atomic E-state index is -0.779. The largest absolute Gasteiger partial charge is 0.493 e. The van der Waals surface area contributed by atoms with Crippen molar-refractivity contribution < 1.29 is 18.7 Å². The summed E-state index contributed by atoms with van der Waals surface area (Å²) in [5, 5.41) is 0.719. The van der Waals surface area contributed by atoms with Crippen LogP contribution < -0.4 is 19.8 Å². The van der Waals surface area contributed by atoms with Gasteiger partial charge in [0.1, 0.15) is 11.4 Å². The van der Waals surface area contributed by atoms with Gasteiger partial charge in [-0.25, -0.2) is 4.98 Å². The zero-order valence-electron chi connectivity index (χ0n) is 21.6. The summed E-state index contributed by atoms with van der Waals surface area (Å²) in [6, 6.07) is 13.1. The predicted octanol–water partition coefficient (Wildman–Crippen LogP) is 6.87. The van der Waals surface area contributed by atoms with E-state index in [1.807, 2.05) is 31.2 Å². The van der Waals surface area contributed by atoms with E-state index in [1.165, 1.54) is 11.3 Å². The molecule has 0 radical (unpaired) electrons. The molecular weight excluding hydrogens is 504 g/mol. The van der Waals surface area contributed by atoms with E-state index in [1.54, 1.807) is 37.6 Å². The van der Waals surface area contributed by atoms with Crippen LogP contribution in [0.25, 0.3) is 11.0 Å².